The van der Waals surface area contributed by atoms with E-state index in [-0.39, 0.29) is 24.7 Å². The van der Waals surface area contributed by atoms with Crippen molar-refractivity contribution in [1.29, 1.82) is 5.26 Å². The largest absolute Gasteiger partial charge is 0.335 e. The Labute approximate surface area is 133 Å². The van der Waals surface area contributed by atoms with Crippen molar-refractivity contribution in [3.05, 3.63) is 29.6 Å². The average Bonchev–Trinajstić information content (AvgIpc) is 2.48. The molecule has 0 atom stereocenters. The van der Waals surface area contributed by atoms with E-state index in [2.05, 4.69) is 10.6 Å². The molecule has 4 N–H and O–H groups in total. The first-order valence-electron chi connectivity index (χ1n) is 6.84. The Morgan fingerprint density at radius 3 is 2.61 bits per heavy atom. The minimum atomic E-state index is -3.70. The zero-order valence-electron chi connectivity index (χ0n) is 12.1. The standard InChI is InChI=1S/C13H16FN5O3S/c14-12-2-1-11(7-9(12)8-15)18-13(20)17-10-3-5-19(6-4-10)23(16,21)22/h1-2,7,10H,3-6H2,(H2,16,21,22)(H2,17,18,20). The molecule has 8 nitrogen and oxygen atoms in total. The molecule has 0 aliphatic carbocycles. The highest BCUT2D eigenvalue weighted by Crippen LogP contribution is 2.15. The maximum absolute atomic E-state index is 13.2. The lowest BCUT2D eigenvalue weighted by Gasteiger charge is -2.30. The predicted octanol–water partition coefficient (Wildman–Crippen LogP) is 0.487. The summed E-state index contributed by atoms with van der Waals surface area (Å²) in [7, 11) is -3.70. The first kappa shape index (κ1) is 17.1. The number of piperidine rings is 1. The minimum Gasteiger partial charge on any atom is -0.335 e. The van der Waals surface area contributed by atoms with Gasteiger partial charge in [0.1, 0.15) is 11.9 Å². The van der Waals surface area contributed by atoms with Gasteiger partial charge in [-0.25, -0.2) is 14.3 Å². The van der Waals surface area contributed by atoms with Crippen LogP contribution in [-0.2, 0) is 10.2 Å². The van der Waals surface area contributed by atoms with Gasteiger partial charge >= 0.3 is 6.03 Å². The molecule has 0 radical (unpaired) electrons. The summed E-state index contributed by atoms with van der Waals surface area (Å²) < 4.78 is 36.7. The van der Waals surface area contributed by atoms with Crippen LogP contribution in [0.4, 0.5) is 14.9 Å². The van der Waals surface area contributed by atoms with Crippen molar-refractivity contribution < 1.29 is 17.6 Å². The van der Waals surface area contributed by atoms with E-state index in [1.54, 1.807) is 6.07 Å². The first-order chi connectivity index (χ1) is 10.8. The van der Waals surface area contributed by atoms with E-state index < -0.39 is 22.1 Å². The molecule has 0 spiro atoms. The van der Waals surface area contributed by atoms with Crippen LogP contribution in [0.15, 0.2) is 18.2 Å². The Bertz CT molecular complexity index is 738. The van der Waals surface area contributed by atoms with Gasteiger partial charge in [-0.1, -0.05) is 0 Å². The lowest BCUT2D eigenvalue weighted by molar-refractivity contribution is 0.238. The van der Waals surface area contributed by atoms with Crippen molar-refractivity contribution in [2.24, 2.45) is 5.14 Å². The minimum absolute atomic E-state index is 0.163. The molecule has 1 heterocycles. The van der Waals surface area contributed by atoms with Gasteiger partial charge in [-0.05, 0) is 31.0 Å². The molecule has 0 saturated carbocycles. The van der Waals surface area contributed by atoms with Crippen LogP contribution in [0.5, 0.6) is 0 Å². The Kier molecular flexibility index (Phi) is 5.15. The van der Waals surface area contributed by atoms with E-state index in [1.165, 1.54) is 12.1 Å². The summed E-state index contributed by atoms with van der Waals surface area (Å²) in [4.78, 5) is 11.9. The molecule has 1 saturated heterocycles. The highest BCUT2D eigenvalue weighted by atomic mass is 32.2. The van der Waals surface area contributed by atoms with Crippen LogP contribution in [0.2, 0.25) is 0 Å². The van der Waals surface area contributed by atoms with E-state index in [4.69, 9.17) is 10.4 Å². The van der Waals surface area contributed by atoms with Crippen molar-refractivity contribution in [3.63, 3.8) is 0 Å². The number of amides is 2. The lowest BCUT2D eigenvalue weighted by Crippen LogP contribution is -2.49. The van der Waals surface area contributed by atoms with Crippen LogP contribution >= 0.6 is 0 Å². The van der Waals surface area contributed by atoms with Crippen molar-refractivity contribution in [1.82, 2.24) is 9.62 Å². The van der Waals surface area contributed by atoms with Crippen LogP contribution in [0, 0.1) is 17.1 Å². The number of halogens is 1. The number of carbonyl (C=O) groups is 1. The molecule has 23 heavy (non-hydrogen) atoms. The topological polar surface area (TPSA) is 128 Å². The SMILES string of the molecule is N#Cc1cc(NC(=O)NC2CCN(S(N)(=O)=O)CC2)ccc1F. The molecule has 1 fully saturated rings. The summed E-state index contributed by atoms with van der Waals surface area (Å²) in [6.45, 7) is 0.470. The second kappa shape index (κ2) is 6.91. The van der Waals surface area contributed by atoms with Crippen LogP contribution in [0.1, 0.15) is 18.4 Å². The summed E-state index contributed by atoms with van der Waals surface area (Å²) in [5.41, 5.74) is 0.131. The number of nitrogens with zero attached hydrogens (tertiary/aromatic N) is 2. The van der Waals surface area contributed by atoms with Gasteiger partial charge in [0.15, 0.2) is 0 Å². The number of hydrogen-bond donors (Lipinski definition) is 3. The van der Waals surface area contributed by atoms with Gasteiger partial charge in [-0.2, -0.15) is 18.0 Å². The fourth-order valence-corrected chi connectivity index (χ4v) is 3.02. The maximum Gasteiger partial charge on any atom is 0.319 e. The molecule has 0 aromatic heterocycles. The van der Waals surface area contributed by atoms with E-state index in [9.17, 15) is 17.6 Å². The van der Waals surface area contributed by atoms with Gasteiger partial charge in [0.25, 0.3) is 10.2 Å². The zero-order valence-corrected chi connectivity index (χ0v) is 12.9. The molecule has 1 aliphatic heterocycles. The second-order valence-electron chi connectivity index (χ2n) is 5.12. The highest BCUT2D eigenvalue weighted by molar-refractivity contribution is 7.86. The van der Waals surface area contributed by atoms with Crippen LogP contribution < -0.4 is 15.8 Å². The zero-order chi connectivity index (χ0) is 17.0. The van der Waals surface area contributed by atoms with Crippen molar-refractivity contribution >= 4 is 21.9 Å². The third kappa shape index (κ3) is 4.62. The lowest BCUT2D eigenvalue weighted by atomic mass is 10.1. The normalized spacial score (nSPS) is 16.6. The van der Waals surface area contributed by atoms with Crippen LogP contribution in [-0.4, -0.2) is 37.9 Å². The number of hydrogen-bond acceptors (Lipinski definition) is 4. The molecule has 10 heteroatoms. The fraction of sp³-hybridized carbons (Fsp3) is 0.385. The van der Waals surface area contributed by atoms with Gasteiger partial charge in [0, 0.05) is 24.8 Å². The van der Waals surface area contributed by atoms with Crippen molar-refractivity contribution in [2.45, 2.75) is 18.9 Å². The van der Waals surface area contributed by atoms with Gasteiger partial charge in [0.05, 0.1) is 5.56 Å². The Hall–Kier alpha value is -2.22. The van der Waals surface area contributed by atoms with E-state index in [1.807, 2.05) is 0 Å². The van der Waals surface area contributed by atoms with E-state index in [0.29, 0.717) is 18.5 Å². The monoisotopic (exact) mass is 341 g/mol. The van der Waals surface area contributed by atoms with Crippen LogP contribution in [0.25, 0.3) is 0 Å². The second-order valence-corrected chi connectivity index (χ2v) is 6.67. The average molecular weight is 341 g/mol. The predicted molar refractivity (Wildman–Crippen MR) is 81.0 cm³/mol. The third-order valence-corrected chi connectivity index (χ3v) is 4.58. The molecule has 2 amide bonds. The molecule has 1 aromatic rings. The molecule has 1 aliphatic rings. The Morgan fingerprint density at radius 2 is 2.04 bits per heavy atom. The molecule has 0 bridgehead atoms. The molecule has 1 aromatic carbocycles. The maximum atomic E-state index is 13.2. The van der Waals surface area contributed by atoms with Gasteiger partial charge in [0.2, 0.25) is 0 Å². The summed E-state index contributed by atoms with van der Waals surface area (Å²) >= 11 is 0. The van der Waals surface area contributed by atoms with Crippen LogP contribution in [0.3, 0.4) is 0 Å². The molecule has 0 unspecified atom stereocenters. The molecular weight excluding hydrogens is 325 g/mol. The number of carbonyl (C=O) groups excluding carboxylic acids is 1. The number of urea groups is 1. The molecule has 2 rings (SSSR count). The summed E-state index contributed by atoms with van der Waals surface area (Å²) in [6, 6.07) is 4.67. The first-order valence-corrected chi connectivity index (χ1v) is 8.35. The number of rotatable bonds is 3. The van der Waals surface area contributed by atoms with E-state index >= 15 is 0 Å². The smallest absolute Gasteiger partial charge is 0.319 e. The quantitative estimate of drug-likeness (QED) is 0.739. The molecular formula is C13H16FN5O3S. The number of benzene rings is 1. The fourth-order valence-electron chi connectivity index (χ4n) is 2.30. The number of nitriles is 1. The summed E-state index contributed by atoms with van der Waals surface area (Å²) in [5.74, 6) is -0.658. The number of nitrogens with one attached hydrogen (secondary N) is 2. The van der Waals surface area contributed by atoms with Crippen molar-refractivity contribution in [3.8, 4) is 6.07 Å². The Morgan fingerprint density at radius 1 is 1.39 bits per heavy atom. The van der Waals surface area contributed by atoms with E-state index in [0.717, 1.165) is 10.4 Å². The molecule has 124 valence electrons. The number of anilines is 1. The summed E-state index contributed by atoms with van der Waals surface area (Å²) in [5, 5.41) is 19.0. The number of nitrogens with two attached hydrogens (primary N) is 1. The van der Waals surface area contributed by atoms with Gasteiger partial charge in [-0.15, -0.1) is 0 Å². The Balaban J connectivity index is 1.88. The van der Waals surface area contributed by atoms with Gasteiger partial charge < -0.3 is 10.6 Å². The third-order valence-electron chi connectivity index (χ3n) is 3.49. The highest BCUT2D eigenvalue weighted by Gasteiger charge is 2.26. The van der Waals surface area contributed by atoms with Crippen molar-refractivity contribution in [2.75, 3.05) is 18.4 Å². The van der Waals surface area contributed by atoms with Gasteiger partial charge in [-0.3, -0.25) is 0 Å². The summed E-state index contributed by atoms with van der Waals surface area (Å²) in [6.07, 6.45) is 0.882.